The molecule has 1 amide bonds. The predicted molar refractivity (Wildman–Crippen MR) is 112 cm³/mol. The van der Waals surface area contributed by atoms with Crippen LogP contribution in [-0.2, 0) is 4.79 Å². The van der Waals surface area contributed by atoms with E-state index in [1.54, 1.807) is 37.4 Å². The van der Waals surface area contributed by atoms with E-state index >= 15 is 0 Å². The van der Waals surface area contributed by atoms with Crippen LogP contribution in [0.4, 0.5) is 5.69 Å². The van der Waals surface area contributed by atoms with E-state index in [2.05, 4.69) is 4.99 Å². The van der Waals surface area contributed by atoms with Gasteiger partial charge in [0.2, 0.25) is 0 Å². The molecule has 1 heterocycles. The van der Waals surface area contributed by atoms with E-state index in [1.165, 1.54) is 35.9 Å². The SMILES string of the molecule is COc1c(Cl)cc(/C=C2\SC(=Nc3ccc(C(=O)O)cc3)N(C)C2=O)cc1Cl. The van der Waals surface area contributed by atoms with Crippen molar-refractivity contribution in [3.8, 4) is 5.75 Å². The van der Waals surface area contributed by atoms with E-state index in [4.69, 9.17) is 33.0 Å². The number of thioether (sulfide) groups is 1. The zero-order valence-corrected chi connectivity index (χ0v) is 17.1. The molecule has 1 fully saturated rings. The number of halogens is 2. The number of carboxylic acid groups (broad SMARTS) is 1. The fourth-order valence-corrected chi connectivity index (χ4v) is 4.09. The molecule has 9 heteroatoms. The van der Waals surface area contributed by atoms with Crippen molar-refractivity contribution in [2.24, 2.45) is 4.99 Å². The molecular weight excluding hydrogens is 423 g/mol. The van der Waals surface area contributed by atoms with E-state index in [1.807, 2.05) is 0 Å². The normalized spacial score (nSPS) is 16.9. The molecule has 1 saturated heterocycles. The summed E-state index contributed by atoms with van der Waals surface area (Å²) in [5, 5.41) is 10.1. The molecule has 0 atom stereocenters. The van der Waals surface area contributed by atoms with Gasteiger partial charge >= 0.3 is 5.97 Å². The van der Waals surface area contributed by atoms with Gasteiger partial charge < -0.3 is 9.84 Å². The first-order valence-electron chi connectivity index (χ1n) is 7.93. The lowest BCUT2D eigenvalue weighted by Crippen LogP contribution is -2.23. The van der Waals surface area contributed by atoms with Crippen LogP contribution in [0.25, 0.3) is 6.08 Å². The Labute approximate surface area is 175 Å². The van der Waals surface area contributed by atoms with Gasteiger partial charge in [0.25, 0.3) is 5.91 Å². The molecule has 6 nitrogen and oxygen atoms in total. The van der Waals surface area contributed by atoms with Crippen molar-refractivity contribution in [1.82, 2.24) is 4.90 Å². The Morgan fingerprint density at radius 3 is 2.36 bits per heavy atom. The number of carbonyl (C=O) groups excluding carboxylic acids is 1. The van der Waals surface area contributed by atoms with Crippen LogP contribution >= 0.6 is 35.0 Å². The number of carboxylic acids is 1. The molecule has 1 N–H and O–H groups in total. The fraction of sp³-hybridized carbons (Fsp3) is 0.105. The Hall–Kier alpha value is -2.48. The van der Waals surface area contributed by atoms with Crippen molar-refractivity contribution >= 4 is 63.8 Å². The molecule has 0 spiro atoms. The molecule has 0 aliphatic carbocycles. The average Bonchev–Trinajstić information content (AvgIpc) is 2.90. The number of likely N-dealkylation sites (N-methyl/N-ethyl adjacent to an activating group) is 1. The second-order valence-electron chi connectivity index (χ2n) is 5.74. The summed E-state index contributed by atoms with van der Waals surface area (Å²) in [4.78, 5) is 29.8. The van der Waals surface area contributed by atoms with Gasteiger partial charge in [0, 0.05) is 7.05 Å². The lowest BCUT2D eigenvalue weighted by atomic mass is 10.2. The van der Waals surface area contributed by atoms with Crippen molar-refractivity contribution < 1.29 is 19.4 Å². The van der Waals surface area contributed by atoms with E-state index in [0.717, 1.165) is 0 Å². The first-order chi connectivity index (χ1) is 13.3. The molecule has 1 aliphatic heterocycles. The number of aromatic carboxylic acids is 1. The number of amidine groups is 1. The van der Waals surface area contributed by atoms with Gasteiger partial charge in [0.15, 0.2) is 10.9 Å². The van der Waals surface area contributed by atoms with Gasteiger partial charge in [-0.2, -0.15) is 0 Å². The third kappa shape index (κ3) is 4.16. The van der Waals surface area contributed by atoms with Gasteiger partial charge in [-0.1, -0.05) is 23.2 Å². The van der Waals surface area contributed by atoms with Crippen molar-refractivity contribution in [1.29, 1.82) is 0 Å². The molecule has 0 unspecified atom stereocenters. The van der Waals surface area contributed by atoms with Crippen LogP contribution in [0.3, 0.4) is 0 Å². The average molecular weight is 437 g/mol. The minimum Gasteiger partial charge on any atom is -0.494 e. The van der Waals surface area contributed by atoms with E-state index in [-0.39, 0.29) is 11.5 Å². The van der Waals surface area contributed by atoms with Crippen molar-refractivity contribution in [2.45, 2.75) is 0 Å². The highest BCUT2D eigenvalue weighted by Gasteiger charge is 2.30. The maximum Gasteiger partial charge on any atom is 0.335 e. The molecule has 0 aromatic heterocycles. The summed E-state index contributed by atoms with van der Waals surface area (Å²) in [5.74, 6) is -0.849. The summed E-state index contributed by atoms with van der Waals surface area (Å²) in [5.41, 5.74) is 1.37. The molecule has 0 radical (unpaired) electrons. The molecule has 28 heavy (non-hydrogen) atoms. The zero-order chi connectivity index (χ0) is 20.4. The molecule has 144 valence electrons. The minimum absolute atomic E-state index is 0.168. The lowest BCUT2D eigenvalue weighted by molar-refractivity contribution is -0.121. The smallest absolute Gasteiger partial charge is 0.335 e. The molecule has 0 bridgehead atoms. The third-order valence-electron chi connectivity index (χ3n) is 3.87. The van der Waals surface area contributed by atoms with Gasteiger partial charge in [-0.3, -0.25) is 9.69 Å². The standard InChI is InChI=1S/C19H14Cl2N2O4S/c1-23-17(24)15(9-10-7-13(20)16(27-2)14(21)8-10)28-19(23)22-12-5-3-11(4-6-12)18(25)26/h3-9H,1-2H3,(H,25,26)/b15-9-,22-19?. The quantitative estimate of drug-likeness (QED) is 0.686. The first-order valence-corrected chi connectivity index (χ1v) is 9.50. The summed E-state index contributed by atoms with van der Waals surface area (Å²) in [6, 6.07) is 9.41. The van der Waals surface area contributed by atoms with Crippen LogP contribution in [0.15, 0.2) is 46.3 Å². The number of carbonyl (C=O) groups is 2. The van der Waals surface area contributed by atoms with Crippen LogP contribution in [0, 0.1) is 0 Å². The number of methoxy groups -OCH3 is 1. The highest BCUT2D eigenvalue weighted by atomic mass is 35.5. The number of hydrogen-bond donors (Lipinski definition) is 1. The molecule has 2 aromatic carbocycles. The predicted octanol–water partition coefficient (Wildman–Crippen LogP) is 4.93. The van der Waals surface area contributed by atoms with Crippen molar-refractivity contribution in [2.75, 3.05) is 14.2 Å². The topological polar surface area (TPSA) is 79.2 Å². The van der Waals surface area contributed by atoms with Crippen LogP contribution in [-0.4, -0.2) is 41.2 Å². The minimum atomic E-state index is -1.01. The maximum absolute atomic E-state index is 12.5. The number of nitrogens with zero attached hydrogens (tertiary/aromatic N) is 2. The summed E-state index contributed by atoms with van der Waals surface area (Å²) >= 11 is 13.5. The lowest BCUT2D eigenvalue weighted by Gasteiger charge is -2.07. The van der Waals surface area contributed by atoms with Gasteiger partial charge in [-0.15, -0.1) is 0 Å². The largest absolute Gasteiger partial charge is 0.494 e. The van der Waals surface area contributed by atoms with E-state index < -0.39 is 5.97 Å². The van der Waals surface area contributed by atoms with Crippen molar-refractivity contribution in [3.05, 3.63) is 62.5 Å². The Morgan fingerprint density at radius 2 is 1.82 bits per heavy atom. The maximum atomic E-state index is 12.5. The van der Waals surface area contributed by atoms with Gasteiger partial charge in [0.1, 0.15) is 0 Å². The van der Waals surface area contributed by atoms with Gasteiger partial charge in [0.05, 0.1) is 33.3 Å². The number of amides is 1. The number of hydrogen-bond acceptors (Lipinski definition) is 5. The first kappa shape index (κ1) is 20.3. The van der Waals surface area contributed by atoms with Crippen LogP contribution in [0.5, 0.6) is 5.75 Å². The zero-order valence-electron chi connectivity index (χ0n) is 14.8. The van der Waals surface area contributed by atoms with Gasteiger partial charge in [-0.05, 0) is 59.8 Å². The summed E-state index contributed by atoms with van der Waals surface area (Å²) in [6.07, 6.45) is 1.68. The summed E-state index contributed by atoms with van der Waals surface area (Å²) in [7, 11) is 3.09. The Bertz CT molecular complexity index is 996. The number of aliphatic imine (C=N–C) groups is 1. The second-order valence-corrected chi connectivity index (χ2v) is 7.56. The molecule has 1 aliphatic rings. The Balaban J connectivity index is 1.89. The Morgan fingerprint density at radius 1 is 1.21 bits per heavy atom. The third-order valence-corrected chi connectivity index (χ3v) is 5.49. The molecule has 3 rings (SSSR count). The van der Waals surface area contributed by atoms with Crippen LogP contribution in [0.2, 0.25) is 10.0 Å². The number of benzene rings is 2. The number of rotatable bonds is 4. The summed E-state index contributed by atoms with van der Waals surface area (Å²) in [6.45, 7) is 0. The van der Waals surface area contributed by atoms with Crippen LogP contribution < -0.4 is 4.74 Å². The number of ether oxygens (including phenoxy) is 1. The van der Waals surface area contributed by atoms with E-state index in [0.29, 0.717) is 37.1 Å². The summed E-state index contributed by atoms with van der Waals surface area (Å²) < 4.78 is 5.12. The monoisotopic (exact) mass is 436 g/mol. The fourth-order valence-electron chi connectivity index (χ4n) is 2.45. The molecular formula is C19H14Cl2N2O4S. The van der Waals surface area contributed by atoms with E-state index in [9.17, 15) is 9.59 Å². The highest BCUT2D eigenvalue weighted by molar-refractivity contribution is 8.18. The highest BCUT2D eigenvalue weighted by Crippen LogP contribution is 2.37. The van der Waals surface area contributed by atoms with Crippen LogP contribution in [0.1, 0.15) is 15.9 Å². The molecule has 2 aromatic rings. The van der Waals surface area contributed by atoms with Crippen molar-refractivity contribution in [3.63, 3.8) is 0 Å². The Kier molecular flexibility index (Phi) is 5.98. The second kappa shape index (κ2) is 8.26. The molecule has 0 saturated carbocycles. The van der Waals surface area contributed by atoms with Gasteiger partial charge in [-0.25, -0.2) is 9.79 Å².